The SMILES string of the molecule is CCOC(=O)c1sc2ncnc(Nc3ccc(S(=O)(=O)N(CC)CC)cc3OC)c2c1C. The monoisotopic (exact) mass is 478 g/mol. The molecule has 3 rings (SSSR count). The van der Waals surface area contributed by atoms with Gasteiger partial charge < -0.3 is 14.8 Å². The lowest BCUT2D eigenvalue weighted by atomic mass is 10.2. The second-order valence-electron chi connectivity index (χ2n) is 6.76. The van der Waals surface area contributed by atoms with Gasteiger partial charge in [-0.2, -0.15) is 4.31 Å². The van der Waals surface area contributed by atoms with E-state index in [0.717, 1.165) is 0 Å². The molecule has 0 unspecified atom stereocenters. The predicted octanol–water partition coefficient (Wildman–Crippen LogP) is 3.96. The number of rotatable bonds is 9. The molecule has 0 aliphatic carbocycles. The van der Waals surface area contributed by atoms with Gasteiger partial charge in [0.05, 0.1) is 29.7 Å². The lowest BCUT2D eigenvalue weighted by Crippen LogP contribution is -2.30. The number of nitrogens with one attached hydrogen (secondary N) is 1. The number of aromatic nitrogens is 2. The van der Waals surface area contributed by atoms with Crippen LogP contribution in [0.5, 0.6) is 5.75 Å². The number of carbonyl (C=O) groups is 1. The molecule has 0 spiro atoms. The molecule has 0 saturated carbocycles. The summed E-state index contributed by atoms with van der Waals surface area (Å²) in [6, 6.07) is 4.65. The first-order valence-corrected chi connectivity index (χ1v) is 12.4. The minimum atomic E-state index is -3.63. The van der Waals surface area contributed by atoms with Crippen molar-refractivity contribution < 1.29 is 22.7 Å². The summed E-state index contributed by atoms with van der Waals surface area (Å²) in [7, 11) is -2.16. The Kier molecular flexibility index (Phi) is 7.32. The first kappa shape index (κ1) is 23.9. The summed E-state index contributed by atoms with van der Waals surface area (Å²) in [5.74, 6) is 0.433. The van der Waals surface area contributed by atoms with Gasteiger partial charge in [0.2, 0.25) is 10.0 Å². The maximum Gasteiger partial charge on any atom is 0.348 e. The third-order valence-electron chi connectivity index (χ3n) is 4.96. The number of sulfonamides is 1. The fraction of sp³-hybridized carbons (Fsp3) is 0.381. The Morgan fingerprint density at radius 3 is 2.53 bits per heavy atom. The number of methoxy groups -OCH3 is 1. The molecule has 2 heterocycles. The zero-order chi connectivity index (χ0) is 23.5. The van der Waals surface area contributed by atoms with Crippen molar-refractivity contribution >= 4 is 49.1 Å². The first-order valence-electron chi connectivity index (χ1n) is 10.1. The number of fused-ring (bicyclic) bond motifs is 1. The summed E-state index contributed by atoms with van der Waals surface area (Å²) in [5.41, 5.74) is 1.25. The van der Waals surface area contributed by atoms with Crippen molar-refractivity contribution in [1.82, 2.24) is 14.3 Å². The van der Waals surface area contributed by atoms with Crippen LogP contribution >= 0.6 is 11.3 Å². The number of carbonyl (C=O) groups excluding carboxylic acids is 1. The number of aryl methyl sites for hydroxylation is 1. The van der Waals surface area contributed by atoms with Gasteiger partial charge in [-0.3, -0.25) is 0 Å². The predicted molar refractivity (Wildman–Crippen MR) is 124 cm³/mol. The molecule has 0 radical (unpaired) electrons. The Bertz CT molecular complexity index is 1240. The molecule has 0 atom stereocenters. The van der Waals surface area contributed by atoms with Gasteiger partial charge in [-0.1, -0.05) is 13.8 Å². The molecule has 1 aromatic carbocycles. The Balaban J connectivity index is 2.03. The van der Waals surface area contributed by atoms with Gasteiger partial charge in [-0.15, -0.1) is 11.3 Å². The average Bonchev–Trinajstić information content (AvgIpc) is 3.12. The number of hydrogen-bond acceptors (Lipinski definition) is 9. The lowest BCUT2D eigenvalue weighted by molar-refractivity contribution is 0.0531. The van der Waals surface area contributed by atoms with Gasteiger partial charge in [-0.25, -0.2) is 23.2 Å². The van der Waals surface area contributed by atoms with Crippen molar-refractivity contribution in [2.24, 2.45) is 0 Å². The van der Waals surface area contributed by atoms with E-state index in [1.165, 1.54) is 41.2 Å². The molecule has 9 nitrogen and oxygen atoms in total. The highest BCUT2D eigenvalue weighted by molar-refractivity contribution is 7.89. The van der Waals surface area contributed by atoms with E-state index in [0.29, 0.717) is 51.0 Å². The van der Waals surface area contributed by atoms with Crippen molar-refractivity contribution in [2.75, 3.05) is 32.1 Å². The van der Waals surface area contributed by atoms with Gasteiger partial charge >= 0.3 is 5.97 Å². The molecule has 0 fully saturated rings. The van der Waals surface area contributed by atoms with Crippen LogP contribution in [0.2, 0.25) is 0 Å². The topological polar surface area (TPSA) is 111 Å². The molecule has 2 aromatic heterocycles. The van der Waals surface area contributed by atoms with Crippen LogP contribution in [0.1, 0.15) is 36.0 Å². The van der Waals surface area contributed by atoms with Crippen LogP contribution in [0.3, 0.4) is 0 Å². The fourth-order valence-corrected chi connectivity index (χ4v) is 5.85. The highest BCUT2D eigenvalue weighted by Gasteiger charge is 2.24. The molecule has 0 saturated heterocycles. The van der Waals surface area contributed by atoms with Crippen LogP contribution in [0.25, 0.3) is 10.2 Å². The van der Waals surface area contributed by atoms with Crippen LogP contribution in [-0.2, 0) is 14.8 Å². The number of hydrogen-bond donors (Lipinski definition) is 1. The van der Waals surface area contributed by atoms with Gasteiger partial charge in [0.1, 0.15) is 27.6 Å². The van der Waals surface area contributed by atoms with E-state index in [9.17, 15) is 13.2 Å². The zero-order valence-electron chi connectivity index (χ0n) is 18.6. The average molecular weight is 479 g/mol. The molecule has 0 aliphatic rings. The standard InChI is InChI=1S/C21H26N4O5S2/c1-6-25(7-2)32(27,28)14-9-10-15(16(11-14)29-5)24-19-17-13(4)18(21(26)30-8-3)31-20(17)23-12-22-19/h9-12H,6-8H2,1-5H3,(H,22,23,24). The summed E-state index contributed by atoms with van der Waals surface area (Å²) < 4.78 is 37.7. The third kappa shape index (κ3) is 4.41. The van der Waals surface area contributed by atoms with Gasteiger partial charge in [-0.05, 0) is 31.5 Å². The van der Waals surface area contributed by atoms with Crippen molar-refractivity contribution in [2.45, 2.75) is 32.6 Å². The molecule has 32 heavy (non-hydrogen) atoms. The van der Waals surface area contributed by atoms with Crippen LogP contribution in [0, 0.1) is 6.92 Å². The summed E-state index contributed by atoms with van der Waals surface area (Å²) in [6.07, 6.45) is 1.40. The Morgan fingerprint density at radius 1 is 1.19 bits per heavy atom. The lowest BCUT2D eigenvalue weighted by Gasteiger charge is -2.19. The second-order valence-corrected chi connectivity index (χ2v) is 9.69. The summed E-state index contributed by atoms with van der Waals surface area (Å²) in [5, 5.41) is 3.89. The highest BCUT2D eigenvalue weighted by atomic mass is 32.2. The van der Waals surface area contributed by atoms with Gasteiger partial charge in [0.25, 0.3) is 0 Å². The highest BCUT2D eigenvalue weighted by Crippen LogP contribution is 2.37. The normalized spacial score (nSPS) is 11.7. The van der Waals surface area contributed by atoms with E-state index >= 15 is 0 Å². The number of ether oxygens (including phenoxy) is 2. The van der Waals surface area contributed by atoms with Gasteiger partial charge in [0, 0.05) is 19.2 Å². The number of thiophene rings is 1. The third-order valence-corrected chi connectivity index (χ3v) is 8.18. The maximum absolute atomic E-state index is 12.9. The molecule has 1 N–H and O–H groups in total. The van der Waals surface area contributed by atoms with Crippen LogP contribution in [0.4, 0.5) is 11.5 Å². The summed E-state index contributed by atoms with van der Waals surface area (Å²) in [4.78, 5) is 22.1. The van der Waals surface area contributed by atoms with E-state index < -0.39 is 16.0 Å². The molecule has 0 amide bonds. The van der Waals surface area contributed by atoms with E-state index in [2.05, 4.69) is 15.3 Å². The Labute approximate surface area is 191 Å². The van der Waals surface area contributed by atoms with E-state index in [1.54, 1.807) is 26.8 Å². The minimum Gasteiger partial charge on any atom is -0.495 e. The minimum absolute atomic E-state index is 0.146. The second kappa shape index (κ2) is 9.80. The van der Waals surface area contributed by atoms with Crippen molar-refractivity contribution in [3.05, 3.63) is 35.0 Å². The van der Waals surface area contributed by atoms with E-state index in [1.807, 2.05) is 6.92 Å². The molecule has 0 aliphatic heterocycles. The smallest absolute Gasteiger partial charge is 0.348 e. The van der Waals surface area contributed by atoms with Crippen LogP contribution < -0.4 is 10.1 Å². The molecule has 0 bridgehead atoms. The maximum atomic E-state index is 12.9. The van der Waals surface area contributed by atoms with Crippen molar-refractivity contribution in [3.63, 3.8) is 0 Å². The Morgan fingerprint density at radius 2 is 1.91 bits per heavy atom. The Hall–Kier alpha value is -2.76. The molecule has 11 heteroatoms. The number of nitrogens with zero attached hydrogens (tertiary/aromatic N) is 3. The van der Waals surface area contributed by atoms with Crippen LogP contribution in [0.15, 0.2) is 29.4 Å². The number of anilines is 2. The van der Waals surface area contributed by atoms with Crippen LogP contribution in [-0.4, -0.2) is 55.5 Å². The molecule has 172 valence electrons. The number of esters is 1. The fourth-order valence-electron chi connectivity index (χ4n) is 3.33. The zero-order valence-corrected chi connectivity index (χ0v) is 20.3. The number of benzene rings is 1. The summed E-state index contributed by atoms with van der Waals surface area (Å²) in [6.45, 7) is 8.19. The van der Waals surface area contributed by atoms with Crippen molar-refractivity contribution in [3.8, 4) is 5.75 Å². The van der Waals surface area contributed by atoms with Gasteiger partial charge in [0.15, 0.2) is 0 Å². The quantitative estimate of drug-likeness (QED) is 0.460. The van der Waals surface area contributed by atoms with E-state index in [-0.39, 0.29) is 11.5 Å². The molecule has 3 aromatic rings. The molecular weight excluding hydrogens is 452 g/mol. The largest absolute Gasteiger partial charge is 0.495 e. The molecular formula is C21H26N4O5S2. The first-order chi connectivity index (χ1) is 15.3. The van der Waals surface area contributed by atoms with Crippen molar-refractivity contribution in [1.29, 1.82) is 0 Å². The summed E-state index contributed by atoms with van der Waals surface area (Å²) >= 11 is 1.24. The van der Waals surface area contributed by atoms with E-state index in [4.69, 9.17) is 9.47 Å².